The molecule has 1 aliphatic heterocycles. The van der Waals surface area contributed by atoms with Gasteiger partial charge in [-0.15, -0.1) is 0 Å². The highest BCUT2D eigenvalue weighted by Crippen LogP contribution is 2.39. The van der Waals surface area contributed by atoms with Crippen LogP contribution in [0.5, 0.6) is 0 Å². The van der Waals surface area contributed by atoms with Crippen LogP contribution in [0.3, 0.4) is 0 Å². The van der Waals surface area contributed by atoms with E-state index in [2.05, 4.69) is 50.7 Å². The number of carbonyl (C=O) groups is 1. The summed E-state index contributed by atoms with van der Waals surface area (Å²) in [7, 11) is 0. The van der Waals surface area contributed by atoms with Crippen LogP contribution < -0.4 is 10.2 Å². The van der Waals surface area contributed by atoms with Crippen molar-refractivity contribution in [1.29, 1.82) is 0 Å². The van der Waals surface area contributed by atoms with Gasteiger partial charge in [0.05, 0.1) is 11.7 Å². The van der Waals surface area contributed by atoms with Gasteiger partial charge >= 0.3 is 5.97 Å². The van der Waals surface area contributed by atoms with Gasteiger partial charge in [-0.1, -0.05) is 32.3 Å². The molecule has 208 valence electrons. The van der Waals surface area contributed by atoms with Crippen LogP contribution >= 0.6 is 0 Å². The van der Waals surface area contributed by atoms with Crippen molar-refractivity contribution in [3.63, 3.8) is 0 Å². The van der Waals surface area contributed by atoms with Gasteiger partial charge in [0.25, 0.3) is 0 Å². The van der Waals surface area contributed by atoms with E-state index in [1.54, 1.807) is 0 Å². The van der Waals surface area contributed by atoms with E-state index >= 15 is 0 Å². The minimum absolute atomic E-state index is 0.124. The number of fused-ring (bicyclic) bond motifs is 1. The van der Waals surface area contributed by atoms with Crippen molar-refractivity contribution in [3.05, 3.63) is 35.9 Å². The Labute approximate surface area is 230 Å². The Kier molecular flexibility index (Phi) is 7.40. The fourth-order valence-electron chi connectivity index (χ4n) is 6.71. The van der Waals surface area contributed by atoms with Crippen LogP contribution in [0.4, 0.5) is 11.8 Å². The second-order valence-electron chi connectivity index (χ2n) is 12.1. The van der Waals surface area contributed by atoms with Gasteiger partial charge < -0.3 is 19.9 Å². The summed E-state index contributed by atoms with van der Waals surface area (Å²) < 4.78 is 2.32. The van der Waals surface area contributed by atoms with Gasteiger partial charge in [-0.3, -0.25) is 4.98 Å². The molecule has 3 fully saturated rings. The minimum atomic E-state index is -1.13. The lowest BCUT2D eigenvalue weighted by Crippen LogP contribution is -2.36. The van der Waals surface area contributed by atoms with Crippen molar-refractivity contribution >= 4 is 28.9 Å². The number of rotatable bonds is 8. The molecule has 0 bridgehead atoms. The normalized spacial score (nSPS) is 24.9. The SMILES string of the molecule is CC1CCC(Cn2c(N3CCCCC3c3ccccn3)nc3nc(C(=O)O)nc(N[C@H](C)C4CCC4)c32)CC1. The number of nitrogens with zero attached hydrogens (tertiary/aromatic N) is 6. The molecule has 1 unspecified atom stereocenters. The zero-order valence-electron chi connectivity index (χ0n) is 23.2. The van der Waals surface area contributed by atoms with E-state index in [0.29, 0.717) is 23.3 Å². The van der Waals surface area contributed by atoms with Crippen LogP contribution in [0, 0.1) is 17.8 Å². The maximum Gasteiger partial charge on any atom is 0.374 e. The monoisotopic (exact) mass is 531 g/mol. The smallest absolute Gasteiger partial charge is 0.374 e. The van der Waals surface area contributed by atoms with Gasteiger partial charge in [-0.05, 0) is 81.8 Å². The number of hydrogen-bond donors (Lipinski definition) is 2. The number of aromatic nitrogens is 5. The van der Waals surface area contributed by atoms with Gasteiger partial charge in [-0.2, -0.15) is 4.98 Å². The number of aromatic carboxylic acids is 1. The number of pyridine rings is 1. The van der Waals surface area contributed by atoms with E-state index in [4.69, 9.17) is 9.97 Å². The lowest BCUT2D eigenvalue weighted by molar-refractivity contribution is 0.0684. The summed E-state index contributed by atoms with van der Waals surface area (Å²) in [4.78, 5) is 33.3. The number of anilines is 2. The highest BCUT2D eigenvalue weighted by molar-refractivity contribution is 5.91. The number of carboxylic acids is 1. The molecule has 9 heteroatoms. The molecule has 9 nitrogen and oxygen atoms in total. The van der Waals surface area contributed by atoms with Crippen molar-refractivity contribution in [2.45, 2.75) is 96.7 Å². The summed E-state index contributed by atoms with van der Waals surface area (Å²) in [5.74, 6) is 2.05. The Morgan fingerprint density at radius 3 is 2.56 bits per heavy atom. The van der Waals surface area contributed by atoms with E-state index in [1.165, 1.54) is 44.9 Å². The molecule has 4 heterocycles. The summed E-state index contributed by atoms with van der Waals surface area (Å²) in [6.45, 7) is 6.26. The lowest BCUT2D eigenvalue weighted by atomic mass is 9.80. The maximum atomic E-state index is 12.1. The van der Waals surface area contributed by atoms with E-state index in [-0.39, 0.29) is 17.9 Å². The molecule has 2 atom stereocenters. The summed E-state index contributed by atoms with van der Waals surface area (Å²) >= 11 is 0. The molecule has 0 radical (unpaired) electrons. The number of piperidine rings is 1. The largest absolute Gasteiger partial charge is 0.475 e. The van der Waals surface area contributed by atoms with Gasteiger partial charge in [-0.25, -0.2) is 14.8 Å². The van der Waals surface area contributed by atoms with Gasteiger partial charge in [0, 0.05) is 25.3 Å². The van der Waals surface area contributed by atoms with Crippen LogP contribution in [0.15, 0.2) is 24.4 Å². The van der Waals surface area contributed by atoms with Crippen LogP contribution in [0.1, 0.15) is 100 Å². The molecule has 3 aromatic heterocycles. The van der Waals surface area contributed by atoms with E-state index < -0.39 is 5.97 Å². The Morgan fingerprint density at radius 2 is 1.87 bits per heavy atom. The number of carboxylic acid groups (broad SMARTS) is 1. The first kappa shape index (κ1) is 26.0. The van der Waals surface area contributed by atoms with Crippen LogP contribution in [0.2, 0.25) is 0 Å². The summed E-state index contributed by atoms with van der Waals surface area (Å²) in [6.07, 6.45) is 13.6. The second-order valence-corrected chi connectivity index (χ2v) is 12.1. The molecule has 0 aromatic carbocycles. The summed E-state index contributed by atoms with van der Waals surface area (Å²) in [6, 6.07) is 6.44. The van der Waals surface area contributed by atoms with Gasteiger partial charge in [0.1, 0.15) is 5.52 Å². The predicted molar refractivity (Wildman–Crippen MR) is 152 cm³/mol. The standard InChI is InChI=1S/C30H41N7O2/c1-19-12-14-21(15-13-19)18-37-25-26(32-20(2)22-8-7-9-22)33-28(29(38)39)34-27(25)35-30(37)36-17-6-4-11-24(36)23-10-3-5-16-31-23/h3,5,10,16,19-22,24H,4,6-9,11-15,17-18H2,1-2H3,(H,38,39)(H,32,33,34)/t19?,20-,21?,24?/m1/s1. The second kappa shape index (κ2) is 11.1. The first-order valence-corrected chi connectivity index (χ1v) is 14.9. The molecule has 3 aromatic rings. The molecule has 2 saturated carbocycles. The molecule has 6 rings (SSSR count). The molecule has 0 amide bonds. The fraction of sp³-hybridized carbons (Fsp3) is 0.633. The Bertz CT molecular complexity index is 1300. The fourth-order valence-corrected chi connectivity index (χ4v) is 6.71. The molecule has 3 aliphatic rings. The molecular formula is C30H41N7O2. The Morgan fingerprint density at radius 1 is 1.05 bits per heavy atom. The highest BCUT2D eigenvalue weighted by Gasteiger charge is 2.33. The third-order valence-electron chi connectivity index (χ3n) is 9.36. The van der Waals surface area contributed by atoms with E-state index in [0.717, 1.165) is 55.4 Å². The van der Waals surface area contributed by atoms with Crippen LogP contribution in [-0.2, 0) is 6.54 Å². The number of nitrogens with one attached hydrogen (secondary N) is 1. The first-order chi connectivity index (χ1) is 19.0. The van der Waals surface area contributed by atoms with Crippen LogP contribution in [-0.4, -0.2) is 48.2 Å². The lowest BCUT2D eigenvalue weighted by Gasteiger charge is -2.37. The highest BCUT2D eigenvalue weighted by atomic mass is 16.4. The number of hydrogen-bond acceptors (Lipinski definition) is 7. The van der Waals surface area contributed by atoms with Crippen LogP contribution in [0.25, 0.3) is 11.2 Å². The quantitative estimate of drug-likeness (QED) is 0.360. The van der Waals surface area contributed by atoms with Gasteiger partial charge in [0.15, 0.2) is 11.5 Å². The minimum Gasteiger partial charge on any atom is -0.475 e. The molecule has 1 saturated heterocycles. The van der Waals surface area contributed by atoms with E-state index in [1.807, 2.05) is 12.3 Å². The summed E-state index contributed by atoms with van der Waals surface area (Å²) in [5.41, 5.74) is 2.36. The van der Waals surface area contributed by atoms with Crippen molar-refractivity contribution in [3.8, 4) is 0 Å². The van der Waals surface area contributed by atoms with E-state index in [9.17, 15) is 9.90 Å². The van der Waals surface area contributed by atoms with Crippen molar-refractivity contribution < 1.29 is 9.90 Å². The van der Waals surface area contributed by atoms with Crippen molar-refractivity contribution in [2.75, 3.05) is 16.8 Å². The first-order valence-electron chi connectivity index (χ1n) is 14.9. The van der Waals surface area contributed by atoms with Gasteiger partial charge in [0.2, 0.25) is 11.8 Å². The molecule has 2 aliphatic carbocycles. The number of imidazole rings is 1. The molecule has 39 heavy (non-hydrogen) atoms. The average Bonchev–Trinajstić information content (AvgIpc) is 3.27. The zero-order valence-corrected chi connectivity index (χ0v) is 23.2. The maximum absolute atomic E-state index is 12.1. The molecule has 0 spiro atoms. The Hall–Kier alpha value is -3.23. The zero-order chi connectivity index (χ0) is 26.9. The van der Waals surface area contributed by atoms with Crippen molar-refractivity contribution in [1.82, 2.24) is 24.5 Å². The summed E-state index contributed by atoms with van der Waals surface area (Å²) in [5, 5.41) is 13.5. The molecule has 2 N–H and O–H groups in total. The third-order valence-corrected chi connectivity index (χ3v) is 9.36. The predicted octanol–water partition coefficient (Wildman–Crippen LogP) is 6.08. The third kappa shape index (κ3) is 5.32. The topological polar surface area (TPSA) is 109 Å². The Balaban J connectivity index is 1.47. The molecular weight excluding hydrogens is 490 g/mol. The average molecular weight is 532 g/mol. The van der Waals surface area contributed by atoms with Crippen molar-refractivity contribution in [2.24, 2.45) is 17.8 Å².